The van der Waals surface area contributed by atoms with Crippen molar-refractivity contribution < 1.29 is 4.79 Å². The lowest BCUT2D eigenvalue weighted by Gasteiger charge is -2.50. The van der Waals surface area contributed by atoms with Gasteiger partial charge in [-0.2, -0.15) is 5.26 Å². The van der Waals surface area contributed by atoms with E-state index < -0.39 is 0 Å². The van der Waals surface area contributed by atoms with E-state index in [1.165, 1.54) is 11.3 Å². The number of carbonyl (C=O) groups excluding carboxylic acids is 1. The summed E-state index contributed by atoms with van der Waals surface area (Å²) in [6, 6.07) is 12.7. The first-order chi connectivity index (χ1) is 14.9. The first-order valence-corrected chi connectivity index (χ1v) is 11.4. The van der Waals surface area contributed by atoms with Crippen molar-refractivity contribution in [2.45, 2.75) is 79.3 Å². The molecule has 4 nitrogen and oxygen atoms in total. The molecule has 0 saturated carbocycles. The summed E-state index contributed by atoms with van der Waals surface area (Å²) in [5.74, 6) is 0.0203. The number of hydrogen-bond acceptors (Lipinski definition) is 3. The van der Waals surface area contributed by atoms with Crippen molar-refractivity contribution in [1.82, 2.24) is 0 Å². The van der Waals surface area contributed by atoms with Crippen LogP contribution in [0.5, 0.6) is 0 Å². The Labute approximate surface area is 192 Å². The fraction of sp³-hybridized carbons (Fsp3) is 0.429. The molecule has 0 aliphatic carbocycles. The highest BCUT2D eigenvalue weighted by Gasteiger charge is 2.37. The molecule has 1 atom stereocenters. The van der Waals surface area contributed by atoms with Gasteiger partial charge in [-0.1, -0.05) is 24.6 Å². The Balaban J connectivity index is 1.99. The van der Waals surface area contributed by atoms with Crippen molar-refractivity contribution in [3.05, 3.63) is 63.7 Å². The third kappa shape index (κ3) is 4.58. The molecule has 0 radical (unpaired) electrons. The number of nitrogens with zero attached hydrogens (tertiary/aromatic N) is 2. The lowest BCUT2D eigenvalue weighted by molar-refractivity contribution is -0.112. The molecule has 1 aliphatic heterocycles. The molecular formula is C28H35N3O. The molecule has 168 valence electrons. The normalized spacial score (nSPS) is 17.7. The van der Waals surface area contributed by atoms with Crippen LogP contribution in [-0.4, -0.2) is 17.5 Å². The highest BCUT2D eigenvalue weighted by molar-refractivity contribution is 6.10. The molecule has 3 rings (SSSR count). The smallest absolute Gasteiger partial charge is 0.266 e. The van der Waals surface area contributed by atoms with Crippen molar-refractivity contribution in [3.8, 4) is 6.07 Å². The van der Waals surface area contributed by atoms with Gasteiger partial charge in [0, 0.05) is 23.0 Å². The highest BCUT2D eigenvalue weighted by Crippen LogP contribution is 2.45. The number of anilines is 2. The summed E-state index contributed by atoms with van der Waals surface area (Å²) in [5.41, 5.74) is 7.55. The predicted octanol–water partition coefficient (Wildman–Crippen LogP) is 6.66. The molecule has 0 saturated heterocycles. The number of amides is 1. The average Bonchev–Trinajstić information content (AvgIpc) is 2.67. The van der Waals surface area contributed by atoms with Crippen molar-refractivity contribution in [2.24, 2.45) is 0 Å². The molecule has 1 aliphatic rings. The number of hydrogen-bond donors (Lipinski definition) is 1. The Morgan fingerprint density at radius 1 is 1.19 bits per heavy atom. The molecule has 0 aromatic heterocycles. The molecule has 1 N–H and O–H groups in total. The van der Waals surface area contributed by atoms with Crippen molar-refractivity contribution in [1.29, 1.82) is 5.26 Å². The third-order valence-electron chi connectivity index (χ3n) is 6.48. The summed E-state index contributed by atoms with van der Waals surface area (Å²) < 4.78 is 0. The fourth-order valence-corrected chi connectivity index (χ4v) is 5.19. The van der Waals surface area contributed by atoms with Gasteiger partial charge in [-0.25, -0.2) is 0 Å². The molecule has 0 fully saturated rings. The summed E-state index contributed by atoms with van der Waals surface area (Å²) in [5, 5.41) is 12.6. The minimum absolute atomic E-state index is 0.0774. The average molecular weight is 430 g/mol. The van der Waals surface area contributed by atoms with E-state index in [0.717, 1.165) is 34.4 Å². The largest absolute Gasteiger partial charge is 0.364 e. The van der Waals surface area contributed by atoms with E-state index in [0.29, 0.717) is 12.0 Å². The molecule has 2 aromatic carbocycles. The van der Waals surface area contributed by atoms with Gasteiger partial charge in [-0.15, -0.1) is 0 Å². The molecule has 2 aromatic rings. The lowest BCUT2D eigenvalue weighted by atomic mass is 9.78. The van der Waals surface area contributed by atoms with E-state index in [9.17, 15) is 10.1 Å². The van der Waals surface area contributed by atoms with Crippen LogP contribution >= 0.6 is 0 Å². The maximum Gasteiger partial charge on any atom is 0.266 e. The van der Waals surface area contributed by atoms with Gasteiger partial charge in [0.2, 0.25) is 0 Å². The van der Waals surface area contributed by atoms with Crippen LogP contribution in [0.3, 0.4) is 0 Å². The van der Waals surface area contributed by atoms with Gasteiger partial charge in [-0.3, -0.25) is 4.79 Å². The number of aryl methyl sites for hydroxylation is 3. The second kappa shape index (κ2) is 8.82. The molecule has 32 heavy (non-hydrogen) atoms. The van der Waals surface area contributed by atoms with E-state index in [2.05, 4.69) is 63.0 Å². The lowest BCUT2D eigenvalue weighted by Crippen LogP contribution is -2.51. The van der Waals surface area contributed by atoms with Gasteiger partial charge in [-0.05, 0) is 107 Å². The summed E-state index contributed by atoms with van der Waals surface area (Å²) in [6.07, 6.45) is 2.78. The predicted molar refractivity (Wildman–Crippen MR) is 134 cm³/mol. The number of carbonyl (C=O) groups is 1. The monoisotopic (exact) mass is 429 g/mol. The number of nitrogens with one attached hydrogen (secondary N) is 1. The molecule has 0 bridgehead atoms. The molecule has 4 heteroatoms. The minimum atomic E-state index is -0.380. The first kappa shape index (κ1) is 23.6. The van der Waals surface area contributed by atoms with Crippen LogP contribution in [0.1, 0.15) is 74.8 Å². The zero-order valence-corrected chi connectivity index (χ0v) is 20.6. The third-order valence-corrected chi connectivity index (χ3v) is 6.48. The van der Waals surface area contributed by atoms with Gasteiger partial charge < -0.3 is 10.2 Å². The second-order valence-corrected chi connectivity index (χ2v) is 10.1. The molecule has 1 heterocycles. The Hall–Kier alpha value is -3.06. The Kier molecular flexibility index (Phi) is 6.51. The second-order valence-electron chi connectivity index (χ2n) is 10.1. The fourth-order valence-electron chi connectivity index (χ4n) is 5.19. The molecule has 0 spiro atoms. The SMILES string of the molecule is Cc1ccc(NC(=O)/C(C#N)=C\c2cc3c(cc2C)N(C(C)C)C(C)(C)C[C@H]3C)c(C)c1. The number of fused-ring (bicyclic) bond motifs is 1. The Morgan fingerprint density at radius 2 is 1.88 bits per heavy atom. The Bertz CT molecular complexity index is 1120. The molecule has 0 unspecified atom stereocenters. The number of benzene rings is 2. The topological polar surface area (TPSA) is 56.1 Å². The zero-order chi connectivity index (χ0) is 23.8. The molecule has 1 amide bonds. The Morgan fingerprint density at radius 3 is 2.47 bits per heavy atom. The maximum atomic E-state index is 12.9. The van der Waals surface area contributed by atoms with E-state index in [1.807, 2.05) is 39.0 Å². The maximum absolute atomic E-state index is 12.9. The van der Waals surface area contributed by atoms with Crippen molar-refractivity contribution in [2.75, 3.05) is 10.2 Å². The summed E-state index contributed by atoms with van der Waals surface area (Å²) >= 11 is 0. The van der Waals surface area contributed by atoms with Crippen LogP contribution in [0.15, 0.2) is 35.9 Å². The van der Waals surface area contributed by atoms with E-state index in [4.69, 9.17) is 0 Å². The number of rotatable bonds is 4. The van der Waals surface area contributed by atoms with Crippen LogP contribution in [0.25, 0.3) is 6.08 Å². The van der Waals surface area contributed by atoms with Gasteiger partial charge in [0.1, 0.15) is 11.6 Å². The van der Waals surface area contributed by atoms with Gasteiger partial charge in [0.05, 0.1) is 0 Å². The van der Waals surface area contributed by atoms with E-state index >= 15 is 0 Å². The van der Waals surface area contributed by atoms with Gasteiger partial charge in [0.25, 0.3) is 5.91 Å². The van der Waals surface area contributed by atoms with Crippen molar-refractivity contribution in [3.63, 3.8) is 0 Å². The highest BCUT2D eigenvalue weighted by atomic mass is 16.1. The van der Waals surface area contributed by atoms with Gasteiger partial charge >= 0.3 is 0 Å². The summed E-state index contributed by atoms with van der Waals surface area (Å²) in [7, 11) is 0. The summed E-state index contributed by atoms with van der Waals surface area (Å²) in [6.45, 7) is 17.4. The van der Waals surface area contributed by atoms with Crippen LogP contribution in [0, 0.1) is 32.1 Å². The quantitative estimate of drug-likeness (QED) is 0.437. The zero-order valence-electron chi connectivity index (χ0n) is 20.6. The van der Waals surface area contributed by atoms with Crippen LogP contribution < -0.4 is 10.2 Å². The van der Waals surface area contributed by atoms with Gasteiger partial charge in [0.15, 0.2) is 0 Å². The van der Waals surface area contributed by atoms with Crippen LogP contribution in [0.2, 0.25) is 0 Å². The van der Waals surface area contributed by atoms with Crippen molar-refractivity contribution >= 4 is 23.4 Å². The first-order valence-electron chi connectivity index (χ1n) is 11.4. The van der Waals surface area contributed by atoms with Crippen LogP contribution in [0.4, 0.5) is 11.4 Å². The van der Waals surface area contributed by atoms with E-state index in [1.54, 1.807) is 6.08 Å². The number of nitriles is 1. The van der Waals surface area contributed by atoms with Crippen LogP contribution in [-0.2, 0) is 4.79 Å². The molecular weight excluding hydrogens is 394 g/mol. The van der Waals surface area contributed by atoms with E-state index in [-0.39, 0.29) is 17.0 Å². The minimum Gasteiger partial charge on any atom is -0.364 e. The summed E-state index contributed by atoms with van der Waals surface area (Å²) in [4.78, 5) is 15.4. The standard InChI is InChI=1S/C28H35N3O/c1-17(2)31-26-12-19(4)22(14-24(26)21(6)15-28(31,7)8)13-23(16-29)27(32)30-25-10-9-18(3)11-20(25)5/h9-14,17,21H,15H2,1-8H3,(H,30,32)/b23-13-/t21-/m1/s1.